The van der Waals surface area contributed by atoms with Crippen LogP contribution in [0.3, 0.4) is 0 Å². The van der Waals surface area contributed by atoms with E-state index in [2.05, 4.69) is 30.4 Å². The number of terminal acetylenes is 1. The summed E-state index contributed by atoms with van der Waals surface area (Å²) >= 11 is 0. The van der Waals surface area contributed by atoms with Gasteiger partial charge in [-0.3, -0.25) is 4.79 Å². The first-order valence-electron chi connectivity index (χ1n) is 5.52. The Bertz CT molecular complexity index is 265. The zero-order valence-corrected chi connectivity index (χ0v) is 9.60. The molecule has 0 radical (unpaired) electrons. The first kappa shape index (κ1) is 12.1. The van der Waals surface area contributed by atoms with Gasteiger partial charge in [0.25, 0.3) is 0 Å². The van der Waals surface area contributed by atoms with E-state index in [4.69, 9.17) is 6.42 Å². The highest BCUT2D eigenvalue weighted by Gasteiger charge is 2.36. The van der Waals surface area contributed by atoms with Gasteiger partial charge in [-0.15, -0.1) is 12.3 Å². The molecule has 0 aromatic carbocycles. The van der Waals surface area contributed by atoms with Crippen molar-refractivity contribution in [1.82, 2.24) is 10.6 Å². The second-order valence-electron chi connectivity index (χ2n) is 4.72. The Kier molecular flexibility index (Phi) is 4.16. The van der Waals surface area contributed by atoms with E-state index in [1.807, 2.05) is 0 Å². The number of carbonyl (C=O) groups is 1. The minimum Gasteiger partial charge on any atom is -0.354 e. The molecule has 15 heavy (non-hydrogen) atoms. The van der Waals surface area contributed by atoms with Crippen molar-refractivity contribution in [3.05, 3.63) is 0 Å². The van der Waals surface area contributed by atoms with Gasteiger partial charge in [-0.25, -0.2) is 0 Å². The Balaban J connectivity index is 2.47. The molecule has 1 aliphatic heterocycles. The number of nitrogens with one attached hydrogen (secondary N) is 2. The van der Waals surface area contributed by atoms with Gasteiger partial charge in [-0.1, -0.05) is 13.8 Å². The van der Waals surface area contributed by atoms with E-state index in [0.29, 0.717) is 13.0 Å². The van der Waals surface area contributed by atoms with Crippen LogP contribution in [0.4, 0.5) is 0 Å². The third kappa shape index (κ3) is 3.24. The predicted octanol–water partition coefficient (Wildman–Crippen LogP) is 0.904. The van der Waals surface area contributed by atoms with Gasteiger partial charge < -0.3 is 10.6 Å². The monoisotopic (exact) mass is 208 g/mol. The largest absolute Gasteiger partial charge is 0.354 e. The molecule has 0 bridgehead atoms. The van der Waals surface area contributed by atoms with Crippen LogP contribution in [0.25, 0.3) is 0 Å². The van der Waals surface area contributed by atoms with Crippen molar-refractivity contribution in [1.29, 1.82) is 0 Å². The molecule has 1 unspecified atom stereocenters. The molecule has 0 saturated carbocycles. The van der Waals surface area contributed by atoms with E-state index < -0.39 is 0 Å². The van der Waals surface area contributed by atoms with E-state index in [9.17, 15) is 4.79 Å². The molecule has 1 aliphatic rings. The minimum absolute atomic E-state index is 0.0402. The third-order valence-corrected chi connectivity index (χ3v) is 2.96. The van der Waals surface area contributed by atoms with Crippen molar-refractivity contribution in [2.45, 2.75) is 39.2 Å². The Morgan fingerprint density at radius 3 is 3.00 bits per heavy atom. The highest BCUT2D eigenvalue weighted by molar-refractivity contribution is 5.82. The van der Waals surface area contributed by atoms with Gasteiger partial charge in [0.1, 0.15) is 0 Å². The summed E-state index contributed by atoms with van der Waals surface area (Å²) in [6, 6.07) is -0.0796. The molecule has 0 aliphatic carbocycles. The first-order valence-corrected chi connectivity index (χ1v) is 5.52. The zero-order valence-electron chi connectivity index (χ0n) is 9.60. The quantitative estimate of drug-likeness (QED) is 0.534. The summed E-state index contributed by atoms with van der Waals surface area (Å²) < 4.78 is 0. The number of piperidine rings is 1. The van der Waals surface area contributed by atoms with Crippen LogP contribution in [0, 0.1) is 17.8 Å². The maximum atomic E-state index is 11.8. The molecule has 1 rings (SSSR count). The van der Waals surface area contributed by atoms with E-state index >= 15 is 0 Å². The number of rotatable bonds is 3. The number of hydrogen-bond donors (Lipinski definition) is 2. The van der Waals surface area contributed by atoms with E-state index in [1.165, 1.54) is 0 Å². The zero-order chi connectivity index (χ0) is 11.3. The van der Waals surface area contributed by atoms with E-state index in [1.54, 1.807) is 0 Å². The Morgan fingerprint density at radius 1 is 1.67 bits per heavy atom. The normalized spacial score (nSPS) is 24.2. The molecule has 1 amide bonds. The summed E-state index contributed by atoms with van der Waals surface area (Å²) in [6.07, 6.45) is 7.96. The van der Waals surface area contributed by atoms with Crippen molar-refractivity contribution in [3.63, 3.8) is 0 Å². The molecular formula is C12H20N2O. The van der Waals surface area contributed by atoms with Crippen molar-refractivity contribution >= 4 is 5.91 Å². The second-order valence-corrected chi connectivity index (χ2v) is 4.72. The SMILES string of the molecule is C#CCCNC(=O)C1NCCCC1(C)C. The van der Waals surface area contributed by atoms with E-state index in [-0.39, 0.29) is 17.4 Å². The lowest BCUT2D eigenvalue weighted by Gasteiger charge is -2.38. The molecule has 0 aromatic heterocycles. The van der Waals surface area contributed by atoms with Crippen LogP contribution < -0.4 is 10.6 Å². The molecular weight excluding hydrogens is 188 g/mol. The van der Waals surface area contributed by atoms with Gasteiger partial charge in [-0.2, -0.15) is 0 Å². The van der Waals surface area contributed by atoms with Crippen LogP contribution >= 0.6 is 0 Å². The fourth-order valence-electron chi connectivity index (χ4n) is 2.02. The highest BCUT2D eigenvalue weighted by Crippen LogP contribution is 2.29. The molecule has 3 heteroatoms. The Labute approximate surface area is 92.0 Å². The summed E-state index contributed by atoms with van der Waals surface area (Å²) in [7, 11) is 0. The molecule has 1 fully saturated rings. The number of amides is 1. The highest BCUT2D eigenvalue weighted by atomic mass is 16.2. The molecule has 1 saturated heterocycles. The molecule has 0 aromatic rings. The van der Waals surface area contributed by atoms with E-state index in [0.717, 1.165) is 19.4 Å². The summed E-state index contributed by atoms with van der Waals surface area (Å²) in [4.78, 5) is 11.8. The van der Waals surface area contributed by atoms with Gasteiger partial charge in [0.15, 0.2) is 0 Å². The Hall–Kier alpha value is -1.01. The standard InChI is InChI=1S/C12H20N2O/c1-4-5-8-14-11(15)10-12(2,3)7-6-9-13-10/h1,10,13H,5-9H2,2-3H3,(H,14,15). The van der Waals surface area contributed by atoms with Crippen LogP contribution in [0.2, 0.25) is 0 Å². The lowest BCUT2D eigenvalue weighted by molar-refractivity contribution is -0.126. The average molecular weight is 208 g/mol. The van der Waals surface area contributed by atoms with Crippen LogP contribution in [-0.4, -0.2) is 25.0 Å². The predicted molar refractivity (Wildman–Crippen MR) is 61.3 cm³/mol. The summed E-state index contributed by atoms with van der Waals surface area (Å²) in [5.41, 5.74) is 0.0402. The summed E-state index contributed by atoms with van der Waals surface area (Å²) in [6.45, 7) is 5.76. The maximum absolute atomic E-state index is 11.8. The Morgan fingerprint density at radius 2 is 2.40 bits per heavy atom. The second kappa shape index (κ2) is 5.18. The van der Waals surface area contributed by atoms with Crippen molar-refractivity contribution in [2.75, 3.05) is 13.1 Å². The van der Waals surface area contributed by atoms with Gasteiger partial charge in [0, 0.05) is 13.0 Å². The molecule has 84 valence electrons. The smallest absolute Gasteiger partial charge is 0.237 e. The van der Waals surface area contributed by atoms with Crippen molar-refractivity contribution in [3.8, 4) is 12.3 Å². The van der Waals surface area contributed by atoms with Gasteiger partial charge in [0.05, 0.1) is 6.04 Å². The fraction of sp³-hybridized carbons (Fsp3) is 0.750. The van der Waals surface area contributed by atoms with Gasteiger partial charge >= 0.3 is 0 Å². The molecule has 3 nitrogen and oxygen atoms in total. The average Bonchev–Trinajstić information content (AvgIpc) is 2.17. The van der Waals surface area contributed by atoms with Crippen LogP contribution in [-0.2, 0) is 4.79 Å². The van der Waals surface area contributed by atoms with Crippen molar-refractivity contribution < 1.29 is 4.79 Å². The topological polar surface area (TPSA) is 41.1 Å². The lowest BCUT2D eigenvalue weighted by Crippen LogP contribution is -2.55. The van der Waals surface area contributed by atoms with Gasteiger partial charge in [0.2, 0.25) is 5.91 Å². The van der Waals surface area contributed by atoms with Crippen LogP contribution in [0.5, 0.6) is 0 Å². The fourth-order valence-corrected chi connectivity index (χ4v) is 2.02. The first-order chi connectivity index (χ1) is 7.08. The third-order valence-electron chi connectivity index (χ3n) is 2.96. The number of carbonyl (C=O) groups excluding carboxylic acids is 1. The summed E-state index contributed by atoms with van der Waals surface area (Å²) in [5.74, 6) is 2.59. The van der Waals surface area contributed by atoms with Crippen LogP contribution in [0.15, 0.2) is 0 Å². The molecule has 2 N–H and O–H groups in total. The number of hydrogen-bond acceptors (Lipinski definition) is 2. The van der Waals surface area contributed by atoms with Gasteiger partial charge in [-0.05, 0) is 24.8 Å². The van der Waals surface area contributed by atoms with Crippen molar-refractivity contribution in [2.24, 2.45) is 5.41 Å². The lowest BCUT2D eigenvalue weighted by atomic mass is 9.77. The molecule has 0 spiro atoms. The summed E-state index contributed by atoms with van der Waals surface area (Å²) in [5, 5.41) is 6.14. The molecule has 1 heterocycles. The van der Waals surface area contributed by atoms with Crippen LogP contribution in [0.1, 0.15) is 33.1 Å². The maximum Gasteiger partial charge on any atom is 0.237 e. The minimum atomic E-state index is -0.0796. The molecule has 1 atom stereocenters.